The van der Waals surface area contributed by atoms with Gasteiger partial charge in [-0.1, -0.05) is 78.9 Å². The van der Waals surface area contributed by atoms with Crippen molar-refractivity contribution >= 4 is 6.08 Å². The Labute approximate surface area is 149 Å². The third-order valence-electron chi connectivity index (χ3n) is 3.88. The molecule has 1 atom stereocenters. The van der Waals surface area contributed by atoms with Gasteiger partial charge in [-0.25, -0.2) is 0 Å². The molecule has 0 heterocycles. The molecular weight excluding hydrogens is 308 g/mol. The molecule has 2 aromatic rings. The molecule has 0 fully saturated rings. The summed E-state index contributed by atoms with van der Waals surface area (Å²) in [5, 5.41) is 19.3. The third kappa shape index (κ3) is 4.67. The van der Waals surface area contributed by atoms with E-state index >= 15 is 0 Å². The highest BCUT2D eigenvalue weighted by Crippen LogP contribution is 2.39. The quantitative estimate of drug-likeness (QED) is 0.636. The van der Waals surface area contributed by atoms with Gasteiger partial charge >= 0.3 is 0 Å². The van der Waals surface area contributed by atoms with Gasteiger partial charge < -0.3 is 4.74 Å². The molecule has 0 aliphatic heterocycles. The number of allylic oxidation sites excluding steroid dienone is 1. The molecule has 25 heavy (non-hydrogen) atoms. The molecule has 0 saturated heterocycles. The SMILES string of the molecule is C=CCC(C#N)(C#N)C(OC/C=C/c1ccccc1)c1ccccc1. The standard InChI is InChI=1S/C22H20N2O/c1-2-15-22(17-23,18-24)21(20-13-7-4-8-14-20)25-16-9-12-19-10-5-3-6-11-19/h2-14,21H,1,15-16H2/b12-9+. The van der Waals surface area contributed by atoms with E-state index in [1.165, 1.54) is 0 Å². The van der Waals surface area contributed by atoms with Crippen LogP contribution in [0.25, 0.3) is 6.08 Å². The molecular formula is C22H20N2O. The molecule has 3 heteroatoms. The first kappa shape index (κ1) is 18.2. The van der Waals surface area contributed by atoms with Crippen LogP contribution in [0.1, 0.15) is 23.7 Å². The minimum absolute atomic E-state index is 0.238. The lowest BCUT2D eigenvalue weighted by Gasteiger charge is -2.28. The molecule has 0 amide bonds. The molecule has 0 aliphatic rings. The van der Waals surface area contributed by atoms with E-state index in [1.807, 2.05) is 72.8 Å². The number of rotatable bonds is 8. The van der Waals surface area contributed by atoms with E-state index in [1.54, 1.807) is 6.08 Å². The Bertz CT molecular complexity index is 768. The average molecular weight is 328 g/mol. The van der Waals surface area contributed by atoms with Crippen LogP contribution in [0.4, 0.5) is 0 Å². The highest BCUT2D eigenvalue weighted by Gasteiger charge is 2.40. The van der Waals surface area contributed by atoms with E-state index in [9.17, 15) is 10.5 Å². The molecule has 0 saturated carbocycles. The topological polar surface area (TPSA) is 56.8 Å². The van der Waals surface area contributed by atoms with Gasteiger partial charge in [-0.15, -0.1) is 6.58 Å². The minimum Gasteiger partial charge on any atom is -0.367 e. The summed E-state index contributed by atoms with van der Waals surface area (Å²) in [5.41, 5.74) is 0.574. The van der Waals surface area contributed by atoms with Gasteiger partial charge in [0.2, 0.25) is 0 Å². The maximum Gasteiger partial charge on any atom is 0.177 e. The van der Waals surface area contributed by atoms with Gasteiger partial charge in [0.05, 0.1) is 18.7 Å². The molecule has 0 spiro atoms. The Kier molecular flexibility index (Phi) is 6.72. The van der Waals surface area contributed by atoms with Gasteiger partial charge in [0.1, 0.15) is 6.10 Å². The van der Waals surface area contributed by atoms with Crippen LogP contribution in [-0.2, 0) is 4.74 Å². The van der Waals surface area contributed by atoms with Gasteiger partial charge in [0.25, 0.3) is 0 Å². The molecule has 2 rings (SSSR count). The number of hydrogen-bond acceptors (Lipinski definition) is 3. The number of hydrogen-bond donors (Lipinski definition) is 0. The zero-order chi connectivity index (χ0) is 18.0. The van der Waals surface area contributed by atoms with E-state index in [0.29, 0.717) is 6.61 Å². The van der Waals surface area contributed by atoms with Crippen molar-refractivity contribution in [2.75, 3.05) is 6.61 Å². The number of nitrogens with zero attached hydrogens (tertiary/aromatic N) is 2. The Morgan fingerprint density at radius 2 is 1.60 bits per heavy atom. The fraction of sp³-hybridized carbons (Fsp3) is 0.182. The Balaban J connectivity index is 2.21. The lowest BCUT2D eigenvalue weighted by atomic mass is 9.78. The smallest absolute Gasteiger partial charge is 0.177 e. The van der Waals surface area contributed by atoms with Gasteiger partial charge in [0, 0.05) is 0 Å². The van der Waals surface area contributed by atoms with Crippen LogP contribution >= 0.6 is 0 Å². The number of benzene rings is 2. The number of ether oxygens (including phenoxy) is 1. The van der Waals surface area contributed by atoms with Crippen molar-refractivity contribution < 1.29 is 4.74 Å². The van der Waals surface area contributed by atoms with E-state index < -0.39 is 11.5 Å². The zero-order valence-corrected chi connectivity index (χ0v) is 14.0. The van der Waals surface area contributed by atoms with Crippen molar-refractivity contribution in [1.29, 1.82) is 10.5 Å². The fourth-order valence-corrected chi connectivity index (χ4v) is 2.62. The molecule has 0 aromatic heterocycles. The van der Waals surface area contributed by atoms with Crippen LogP contribution in [0.5, 0.6) is 0 Å². The molecule has 0 bridgehead atoms. The summed E-state index contributed by atoms with van der Waals surface area (Å²) in [6, 6.07) is 23.6. The minimum atomic E-state index is -1.30. The van der Waals surface area contributed by atoms with Crippen LogP contribution < -0.4 is 0 Å². The van der Waals surface area contributed by atoms with E-state index in [0.717, 1.165) is 11.1 Å². The van der Waals surface area contributed by atoms with Gasteiger partial charge in [-0.05, 0) is 17.5 Å². The summed E-state index contributed by atoms with van der Waals surface area (Å²) >= 11 is 0. The van der Waals surface area contributed by atoms with Crippen molar-refractivity contribution in [3.63, 3.8) is 0 Å². The summed E-state index contributed by atoms with van der Waals surface area (Å²) in [6.07, 6.45) is 5.02. The van der Waals surface area contributed by atoms with Crippen molar-refractivity contribution in [3.8, 4) is 12.1 Å². The van der Waals surface area contributed by atoms with Gasteiger partial charge in [-0.3, -0.25) is 0 Å². The summed E-state index contributed by atoms with van der Waals surface area (Å²) in [6.45, 7) is 3.98. The maximum absolute atomic E-state index is 9.66. The summed E-state index contributed by atoms with van der Waals surface area (Å²) in [5.74, 6) is 0. The normalized spacial score (nSPS) is 12.2. The highest BCUT2D eigenvalue weighted by molar-refractivity contribution is 5.48. The first-order chi connectivity index (χ1) is 12.3. The average Bonchev–Trinajstić information content (AvgIpc) is 2.68. The van der Waals surface area contributed by atoms with Crippen molar-refractivity contribution in [3.05, 3.63) is 90.5 Å². The van der Waals surface area contributed by atoms with E-state index in [-0.39, 0.29) is 6.42 Å². The molecule has 124 valence electrons. The van der Waals surface area contributed by atoms with Crippen LogP contribution in [0.15, 0.2) is 79.4 Å². The van der Waals surface area contributed by atoms with Crippen LogP contribution in [0, 0.1) is 28.1 Å². The molecule has 0 radical (unpaired) electrons. The summed E-state index contributed by atoms with van der Waals surface area (Å²) in [4.78, 5) is 0. The van der Waals surface area contributed by atoms with Gasteiger partial charge in [0.15, 0.2) is 5.41 Å². The lowest BCUT2D eigenvalue weighted by molar-refractivity contribution is 0.0205. The predicted molar refractivity (Wildman–Crippen MR) is 99.1 cm³/mol. The van der Waals surface area contributed by atoms with Crippen molar-refractivity contribution in [2.24, 2.45) is 5.41 Å². The Morgan fingerprint density at radius 1 is 1.00 bits per heavy atom. The predicted octanol–water partition coefficient (Wildman–Crippen LogP) is 5.07. The molecule has 3 nitrogen and oxygen atoms in total. The largest absolute Gasteiger partial charge is 0.367 e. The van der Waals surface area contributed by atoms with Crippen molar-refractivity contribution in [2.45, 2.75) is 12.5 Å². The fourth-order valence-electron chi connectivity index (χ4n) is 2.62. The zero-order valence-electron chi connectivity index (χ0n) is 14.0. The highest BCUT2D eigenvalue weighted by atomic mass is 16.5. The Hall–Kier alpha value is -3.14. The first-order valence-electron chi connectivity index (χ1n) is 8.07. The summed E-state index contributed by atoms with van der Waals surface area (Å²) < 4.78 is 5.97. The van der Waals surface area contributed by atoms with Crippen LogP contribution in [-0.4, -0.2) is 6.61 Å². The van der Waals surface area contributed by atoms with Gasteiger partial charge in [-0.2, -0.15) is 10.5 Å². The third-order valence-corrected chi connectivity index (χ3v) is 3.88. The molecule has 0 N–H and O–H groups in total. The Morgan fingerprint density at radius 3 is 2.16 bits per heavy atom. The second-order valence-electron chi connectivity index (χ2n) is 5.62. The van der Waals surface area contributed by atoms with Crippen LogP contribution in [0.3, 0.4) is 0 Å². The van der Waals surface area contributed by atoms with E-state index in [2.05, 4.69) is 18.7 Å². The number of nitriles is 2. The van der Waals surface area contributed by atoms with Crippen molar-refractivity contribution in [1.82, 2.24) is 0 Å². The second kappa shape index (κ2) is 9.23. The maximum atomic E-state index is 9.66. The molecule has 1 unspecified atom stereocenters. The summed E-state index contributed by atoms with van der Waals surface area (Å²) in [7, 11) is 0. The molecule has 0 aliphatic carbocycles. The van der Waals surface area contributed by atoms with Crippen LogP contribution in [0.2, 0.25) is 0 Å². The molecule has 2 aromatic carbocycles. The van der Waals surface area contributed by atoms with E-state index in [4.69, 9.17) is 4.74 Å². The monoisotopic (exact) mass is 328 g/mol. The first-order valence-corrected chi connectivity index (χ1v) is 8.07. The second-order valence-corrected chi connectivity index (χ2v) is 5.62. The lowest BCUT2D eigenvalue weighted by Crippen LogP contribution is -2.28.